The van der Waals surface area contributed by atoms with Crippen molar-refractivity contribution in [2.45, 2.75) is 141 Å². The summed E-state index contributed by atoms with van der Waals surface area (Å²) in [4.78, 5) is 10.6. The smallest absolute Gasteiger partial charge is 0.341 e. The minimum absolute atomic E-state index is 0.159. The van der Waals surface area contributed by atoms with E-state index in [9.17, 15) is 4.79 Å². The zero-order chi connectivity index (χ0) is 22.3. The van der Waals surface area contributed by atoms with Gasteiger partial charge in [-0.2, -0.15) is 0 Å². The van der Waals surface area contributed by atoms with E-state index < -0.39 is 6.00 Å². The van der Waals surface area contributed by atoms with E-state index >= 15 is 0 Å². The summed E-state index contributed by atoms with van der Waals surface area (Å²) in [7, 11) is 0. The van der Waals surface area contributed by atoms with E-state index in [4.69, 9.17) is 38.0 Å². The zero-order valence-electron chi connectivity index (χ0n) is 19.5. The number of hydrogen-bond acceptors (Lipinski definition) is 2. The van der Waals surface area contributed by atoms with Crippen molar-refractivity contribution in [3.63, 3.8) is 0 Å². The predicted molar refractivity (Wildman–Crippen MR) is 137 cm³/mol. The summed E-state index contributed by atoms with van der Waals surface area (Å²) in [6.45, 7) is 2.07. The van der Waals surface area contributed by atoms with Gasteiger partial charge in [0.25, 0.3) is 0 Å². The van der Waals surface area contributed by atoms with E-state index in [1.165, 1.54) is 122 Å². The first-order chi connectivity index (χ1) is 14.4. The molecule has 0 heterocycles. The Morgan fingerprint density at radius 3 is 1.07 bits per heavy atom. The third-order valence-corrected chi connectivity index (χ3v) is 8.28. The summed E-state index contributed by atoms with van der Waals surface area (Å²) >= 11 is 17.7. The molecule has 0 N–H and O–H groups in total. The SMILES string of the molecule is CC(=O)OCCCCCCCCCCCCCCCCCCCCCC[Si](Cl)(Cl)Cl. The van der Waals surface area contributed by atoms with Gasteiger partial charge < -0.3 is 4.74 Å². The van der Waals surface area contributed by atoms with Crippen molar-refractivity contribution in [1.29, 1.82) is 0 Å². The van der Waals surface area contributed by atoms with Crippen LogP contribution in [0.15, 0.2) is 0 Å². The molecule has 0 rings (SSSR count). The summed E-state index contributed by atoms with van der Waals surface area (Å²) in [6.07, 6.45) is 26.6. The van der Waals surface area contributed by atoms with Crippen molar-refractivity contribution in [2.24, 2.45) is 0 Å². The second kappa shape index (κ2) is 22.7. The van der Waals surface area contributed by atoms with Gasteiger partial charge in [-0.15, -0.1) is 33.2 Å². The topological polar surface area (TPSA) is 26.3 Å². The van der Waals surface area contributed by atoms with Crippen molar-refractivity contribution >= 4 is 45.2 Å². The molecular formula is C24H47Cl3O2Si. The van der Waals surface area contributed by atoms with Crippen LogP contribution >= 0.6 is 33.2 Å². The number of halogens is 3. The Kier molecular flexibility index (Phi) is 23.2. The Balaban J connectivity index is 3.04. The van der Waals surface area contributed by atoms with Gasteiger partial charge in [0.2, 0.25) is 0 Å². The molecule has 0 aromatic heterocycles. The van der Waals surface area contributed by atoms with Crippen LogP contribution < -0.4 is 0 Å². The zero-order valence-corrected chi connectivity index (χ0v) is 22.8. The Labute approximate surface area is 202 Å². The third kappa shape index (κ3) is 28.6. The first-order valence-electron chi connectivity index (χ1n) is 12.6. The van der Waals surface area contributed by atoms with E-state index in [-0.39, 0.29) is 5.97 Å². The molecule has 30 heavy (non-hydrogen) atoms. The lowest BCUT2D eigenvalue weighted by Gasteiger charge is -2.07. The maximum atomic E-state index is 10.6. The van der Waals surface area contributed by atoms with Crippen LogP contribution in [0.3, 0.4) is 0 Å². The molecule has 0 unspecified atom stereocenters. The van der Waals surface area contributed by atoms with Gasteiger partial charge in [-0.05, 0) is 12.5 Å². The molecule has 0 bridgehead atoms. The van der Waals surface area contributed by atoms with Crippen LogP contribution in [0.5, 0.6) is 0 Å². The second-order valence-electron chi connectivity index (χ2n) is 8.78. The minimum atomic E-state index is -2.37. The fourth-order valence-electron chi connectivity index (χ4n) is 3.83. The first kappa shape index (κ1) is 30.6. The molecule has 0 aliphatic heterocycles. The Morgan fingerprint density at radius 2 is 0.800 bits per heavy atom. The highest BCUT2D eigenvalue weighted by Crippen LogP contribution is 2.27. The molecular weight excluding hydrogens is 455 g/mol. The lowest BCUT2D eigenvalue weighted by atomic mass is 10.0. The number of rotatable bonds is 23. The largest absolute Gasteiger partial charge is 0.466 e. The highest BCUT2D eigenvalue weighted by Gasteiger charge is 2.23. The molecule has 0 fully saturated rings. The normalized spacial score (nSPS) is 11.7. The van der Waals surface area contributed by atoms with Crippen LogP contribution in [-0.4, -0.2) is 18.6 Å². The average Bonchev–Trinajstić information content (AvgIpc) is 2.67. The fourth-order valence-corrected chi connectivity index (χ4v) is 5.68. The van der Waals surface area contributed by atoms with E-state index in [1.807, 2.05) is 0 Å². The van der Waals surface area contributed by atoms with Crippen LogP contribution in [0, 0.1) is 0 Å². The van der Waals surface area contributed by atoms with Crippen molar-refractivity contribution in [1.82, 2.24) is 0 Å². The van der Waals surface area contributed by atoms with Gasteiger partial charge >= 0.3 is 12.0 Å². The van der Waals surface area contributed by atoms with E-state index in [2.05, 4.69) is 0 Å². The molecule has 0 atom stereocenters. The van der Waals surface area contributed by atoms with E-state index in [0.29, 0.717) is 6.61 Å². The highest BCUT2D eigenvalue weighted by molar-refractivity contribution is 7.64. The monoisotopic (exact) mass is 500 g/mol. The standard InChI is InChI=1S/C24H47Cl3O2Si/c1-24(28)29-22-20-18-16-14-12-10-8-6-4-2-3-5-7-9-11-13-15-17-19-21-23-30(25,26)27/h2-23H2,1H3. The molecule has 0 aromatic carbocycles. The molecule has 0 aromatic rings. The number of carbonyl (C=O) groups excluding carboxylic acids is 1. The molecule has 0 saturated heterocycles. The number of carbonyl (C=O) groups is 1. The van der Waals surface area contributed by atoms with Crippen LogP contribution in [0.25, 0.3) is 0 Å². The van der Waals surface area contributed by atoms with Gasteiger partial charge in [-0.25, -0.2) is 0 Å². The molecule has 180 valence electrons. The summed E-state index contributed by atoms with van der Waals surface area (Å²) in [5.74, 6) is -0.159. The lowest BCUT2D eigenvalue weighted by molar-refractivity contribution is -0.141. The fraction of sp³-hybridized carbons (Fsp3) is 0.958. The molecule has 0 spiro atoms. The van der Waals surface area contributed by atoms with Crippen molar-refractivity contribution in [2.75, 3.05) is 6.61 Å². The maximum absolute atomic E-state index is 10.6. The molecule has 2 nitrogen and oxygen atoms in total. The summed E-state index contributed by atoms with van der Waals surface area (Å²) in [5.41, 5.74) is 0. The summed E-state index contributed by atoms with van der Waals surface area (Å²) < 4.78 is 4.94. The van der Waals surface area contributed by atoms with E-state index in [0.717, 1.165) is 18.9 Å². The third-order valence-electron chi connectivity index (χ3n) is 5.66. The Bertz CT molecular complexity index is 376. The number of unbranched alkanes of at least 4 members (excludes halogenated alkanes) is 19. The number of esters is 1. The molecule has 0 aliphatic carbocycles. The van der Waals surface area contributed by atoms with Gasteiger partial charge in [-0.1, -0.05) is 122 Å². The predicted octanol–water partition coefficient (Wildman–Crippen LogP) is 10.0. The molecule has 0 saturated carbocycles. The summed E-state index contributed by atoms with van der Waals surface area (Å²) in [5, 5.41) is 0. The Morgan fingerprint density at radius 1 is 0.533 bits per heavy atom. The highest BCUT2D eigenvalue weighted by atomic mass is 35.8. The molecule has 0 radical (unpaired) electrons. The van der Waals surface area contributed by atoms with Crippen molar-refractivity contribution < 1.29 is 9.53 Å². The van der Waals surface area contributed by atoms with Crippen LogP contribution in [0.4, 0.5) is 0 Å². The molecule has 0 aliphatic rings. The van der Waals surface area contributed by atoms with Gasteiger partial charge in [0.1, 0.15) is 0 Å². The quantitative estimate of drug-likeness (QED) is 0.0602. The van der Waals surface area contributed by atoms with Crippen LogP contribution in [0.1, 0.15) is 135 Å². The maximum Gasteiger partial charge on any atom is 0.341 e. The van der Waals surface area contributed by atoms with Gasteiger partial charge in [-0.3, -0.25) is 4.79 Å². The number of ether oxygens (including phenoxy) is 1. The van der Waals surface area contributed by atoms with Gasteiger partial charge in [0, 0.05) is 6.92 Å². The minimum Gasteiger partial charge on any atom is -0.466 e. The first-order valence-corrected chi connectivity index (χ1v) is 17.9. The van der Waals surface area contributed by atoms with Crippen LogP contribution in [-0.2, 0) is 9.53 Å². The molecule has 0 amide bonds. The molecule has 6 heteroatoms. The van der Waals surface area contributed by atoms with Gasteiger partial charge in [0.05, 0.1) is 6.61 Å². The van der Waals surface area contributed by atoms with E-state index in [1.54, 1.807) is 0 Å². The van der Waals surface area contributed by atoms with Crippen LogP contribution in [0.2, 0.25) is 6.04 Å². The second-order valence-corrected chi connectivity index (χ2v) is 18.1. The average molecular weight is 502 g/mol. The summed E-state index contributed by atoms with van der Waals surface area (Å²) in [6, 6.07) is -1.55. The van der Waals surface area contributed by atoms with Crippen molar-refractivity contribution in [3.05, 3.63) is 0 Å². The number of hydrogen-bond donors (Lipinski definition) is 0. The van der Waals surface area contributed by atoms with Crippen molar-refractivity contribution in [3.8, 4) is 0 Å². The van der Waals surface area contributed by atoms with Gasteiger partial charge in [0.15, 0.2) is 0 Å². The lowest BCUT2D eigenvalue weighted by Crippen LogP contribution is -2.07. The Hall–Kier alpha value is 0.557.